The number of pyridine rings is 1. The third-order valence-corrected chi connectivity index (χ3v) is 2.94. The Balaban J connectivity index is 2.39. The highest BCUT2D eigenvalue weighted by atomic mass is 35.5. The van der Waals surface area contributed by atoms with Crippen LogP contribution in [0.3, 0.4) is 0 Å². The fourth-order valence-corrected chi connectivity index (χ4v) is 1.90. The monoisotopic (exact) mass is 270 g/mol. The summed E-state index contributed by atoms with van der Waals surface area (Å²) in [7, 11) is 0. The first-order chi connectivity index (χ1) is 8.08. The van der Waals surface area contributed by atoms with Gasteiger partial charge in [0.2, 0.25) is 0 Å². The zero-order chi connectivity index (χ0) is 12.4. The van der Waals surface area contributed by atoms with Gasteiger partial charge in [-0.2, -0.15) is 0 Å². The van der Waals surface area contributed by atoms with E-state index in [0.717, 1.165) is 6.20 Å². The summed E-state index contributed by atoms with van der Waals surface area (Å²) in [5, 5.41) is 1.05. The van der Waals surface area contributed by atoms with E-state index in [4.69, 9.17) is 28.9 Å². The van der Waals surface area contributed by atoms with Crippen molar-refractivity contribution in [1.82, 2.24) is 4.98 Å². The van der Waals surface area contributed by atoms with Crippen molar-refractivity contribution in [3.05, 3.63) is 63.6 Å². The van der Waals surface area contributed by atoms with Gasteiger partial charge in [0.1, 0.15) is 5.82 Å². The summed E-state index contributed by atoms with van der Waals surface area (Å²) in [6.45, 7) is 0. The fraction of sp³-hybridized carbons (Fsp3) is 0.0833. The number of aromatic nitrogens is 1. The fourth-order valence-electron chi connectivity index (χ4n) is 1.48. The van der Waals surface area contributed by atoms with Gasteiger partial charge < -0.3 is 5.73 Å². The number of halogens is 3. The summed E-state index contributed by atoms with van der Waals surface area (Å²) < 4.78 is 12.7. The minimum absolute atomic E-state index is 0.404. The highest BCUT2D eigenvalue weighted by Gasteiger charge is 2.14. The molecule has 0 amide bonds. The van der Waals surface area contributed by atoms with Gasteiger partial charge in [0.05, 0.1) is 17.9 Å². The van der Waals surface area contributed by atoms with Crippen LogP contribution in [0.1, 0.15) is 17.3 Å². The van der Waals surface area contributed by atoms with Crippen LogP contribution in [0, 0.1) is 5.82 Å². The van der Waals surface area contributed by atoms with Gasteiger partial charge in [-0.3, -0.25) is 4.98 Å². The molecule has 2 aromatic rings. The topological polar surface area (TPSA) is 38.9 Å². The molecular weight excluding hydrogens is 262 g/mol. The highest BCUT2D eigenvalue weighted by molar-refractivity contribution is 6.33. The first-order valence-electron chi connectivity index (χ1n) is 4.90. The predicted octanol–water partition coefficient (Wildman–Crippen LogP) is 3.58. The maximum absolute atomic E-state index is 12.7. The standard InChI is InChI=1S/C12H9Cl2FN2/c13-7-1-3-10(14)9(5-7)12(16)11-4-2-8(15)6-17-11/h1-6,12H,16H2. The lowest BCUT2D eigenvalue weighted by Crippen LogP contribution is -2.14. The molecule has 0 fully saturated rings. The van der Waals surface area contributed by atoms with E-state index in [1.807, 2.05) is 0 Å². The van der Waals surface area contributed by atoms with Crippen LogP contribution in [-0.4, -0.2) is 4.98 Å². The van der Waals surface area contributed by atoms with Crippen molar-refractivity contribution in [3.63, 3.8) is 0 Å². The molecule has 0 radical (unpaired) electrons. The largest absolute Gasteiger partial charge is 0.319 e. The first kappa shape index (κ1) is 12.3. The van der Waals surface area contributed by atoms with Crippen LogP contribution in [0.2, 0.25) is 10.0 Å². The van der Waals surface area contributed by atoms with Crippen molar-refractivity contribution in [2.45, 2.75) is 6.04 Å². The molecule has 0 spiro atoms. The van der Waals surface area contributed by atoms with Crippen LogP contribution in [0.25, 0.3) is 0 Å². The van der Waals surface area contributed by atoms with Crippen LogP contribution < -0.4 is 5.73 Å². The van der Waals surface area contributed by atoms with E-state index in [0.29, 0.717) is 21.3 Å². The normalized spacial score (nSPS) is 12.5. The Morgan fingerprint density at radius 2 is 1.94 bits per heavy atom. The zero-order valence-corrected chi connectivity index (χ0v) is 10.2. The smallest absolute Gasteiger partial charge is 0.141 e. The molecule has 5 heteroatoms. The molecule has 0 aliphatic heterocycles. The van der Waals surface area contributed by atoms with Crippen LogP contribution in [0.4, 0.5) is 4.39 Å². The van der Waals surface area contributed by atoms with E-state index < -0.39 is 11.9 Å². The molecule has 1 atom stereocenters. The summed E-state index contributed by atoms with van der Waals surface area (Å²) in [4.78, 5) is 3.92. The van der Waals surface area contributed by atoms with Gasteiger partial charge in [0.25, 0.3) is 0 Å². The van der Waals surface area contributed by atoms with Crippen molar-refractivity contribution < 1.29 is 4.39 Å². The van der Waals surface area contributed by atoms with Crippen LogP contribution in [0.5, 0.6) is 0 Å². The minimum Gasteiger partial charge on any atom is -0.319 e. The lowest BCUT2D eigenvalue weighted by molar-refractivity contribution is 0.617. The van der Waals surface area contributed by atoms with Crippen molar-refractivity contribution >= 4 is 23.2 Å². The average Bonchev–Trinajstić information content (AvgIpc) is 2.32. The summed E-state index contributed by atoms with van der Waals surface area (Å²) in [5.41, 5.74) is 7.21. The number of rotatable bonds is 2. The minimum atomic E-state index is -0.526. The van der Waals surface area contributed by atoms with Gasteiger partial charge in [-0.15, -0.1) is 0 Å². The van der Waals surface area contributed by atoms with E-state index >= 15 is 0 Å². The van der Waals surface area contributed by atoms with Gasteiger partial charge in [-0.25, -0.2) is 4.39 Å². The molecule has 2 N–H and O–H groups in total. The molecule has 0 saturated heterocycles. The molecule has 1 aromatic heterocycles. The molecule has 17 heavy (non-hydrogen) atoms. The second-order valence-corrected chi connectivity index (χ2v) is 4.39. The van der Waals surface area contributed by atoms with Gasteiger partial charge in [0, 0.05) is 10.0 Å². The number of nitrogens with zero attached hydrogens (tertiary/aromatic N) is 1. The number of hydrogen-bond donors (Lipinski definition) is 1. The molecule has 1 unspecified atom stereocenters. The second-order valence-electron chi connectivity index (χ2n) is 3.54. The van der Waals surface area contributed by atoms with E-state index in [9.17, 15) is 4.39 Å². The molecular formula is C12H9Cl2FN2. The Morgan fingerprint density at radius 3 is 2.59 bits per heavy atom. The maximum Gasteiger partial charge on any atom is 0.141 e. The Bertz CT molecular complexity index is 529. The molecule has 0 aliphatic carbocycles. The van der Waals surface area contributed by atoms with Crippen molar-refractivity contribution in [3.8, 4) is 0 Å². The Morgan fingerprint density at radius 1 is 1.18 bits per heavy atom. The molecule has 0 bridgehead atoms. The number of nitrogens with two attached hydrogens (primary N) is 1. The van der Waals surface area contributed by atoms with E-state index in [1.54, 1.807) is 18.2 Å². The van der Waals surface area contributed by atoms with E-state index in [2.05, 4.69) is 4.98 Å². The highest BCUT2D eigenvalue weighted by Crippen LogP contribution is 2.28. The van der Waals surface area contributed by atoms with Crippen LogP contribution >= 0.6 is 23.2 Å². The van der Waals surface area contributed by atoms with Crippen LogP contribution in [-0.2, 0) is 0 Å². The van der Waals surface area contributed by atoms with Gasteiger partial charge in [-0.05, 0) is 35.9 Å². The lowest BCUT2D eigenvalue weighted by Gasteiger charge is -2.13. The van der Waals surface area contributed by atoms with Gasteiger partial charge in [0.15, 0.2) is 0 Å². The van der Waals surface area contributed by atoms with Gasteiger partial charge in [-0.1, -0.05) is 23.2 Å². The third-order valence-electron chi connectivity index (χ3n) is 2.36. The summed E-state index contributed by atoms with van der Waals surface area (Å²) in [5.74, 6) is -0.404. The van der Waals surface area contributed by atoms with E-state index in [-0.39, 0.29) is 0 Å². The predicted molar refractivity (Wildman–Crippen MR) is 66.7 cm³/mol. The number of benzene rings is 1. The Kier molecular flexibility index (Phi) is 3.62. The first-order valence-corrected chi connectivity index (χ1v) is 5.65. The number of hydrogen-bond acceptors (Lipinski definition) is 2. The van der Waals surface area contributed by atoms with Crippen molar-refractivity contribution in [2.75, 3.05) is 0 Å². The lowest BCUT2D eigenvalue weighted by atomic mass is 10.0. The van der Waals surface area contributed by atoms with Gasteiger partial charge >= 0.3 is 0 Å². The Hall–Kier alpha value is -1.16. The SMILES string of the molecule is NC(c1ccc(F)cn1)c1cc(Cl)ccc1Cl. The molecule has 0 aliphatic rings. The van der Waals surface area contributed by atoms with Crippen molar-refractivity contribution in [1.29, 1.82) is 0 Å². The average molecular weight is 271 g/mol. The molecule has 2 nitrogen and oxygen atoms in total. The third kappa shape index (κ3) is 2.75. The summed E-state index contributed by atoms with van der Waals surface area (Å²) in [6.07, 6.45) is 1.12. The quantitative estimate of drug-likeness (QED) is 0.906. The molecule has 1 heterocycles. The zero-order valence-electron chi connectivity index (χ0n) is 8.70. The molecule has 2 rings (SSSR count). The molecule has 0 saturated carbocycles. The molecule has 1 aromatic carbocycles. The Labute approximate surface area is 108 Å². The van der Waals surface area contributed by atoms with Crippen LogP contribution in [0.15, 0.2) is 36.5 Å². The second kappa shape index (κ2) is 5.00. The molecule has 88 valence electrons. The van der Waals surface area contributed by atoms with E-state index in [1.165, 1.54) is 12.1 Å². The summed E-state index contributed by atoms with van der Waals surface area (Å²) in [6, 6.07) is 7.33. The maximum atomic E-state index is 12.7. The summed E-state index contributed by atoms with van der Waals surface area (Å²) >= 11 is 11.9. The van der Waals surface area contributed by atoms with Crippen molar-refractivity contribution in [2.24, 2.45) is 5.73 Å².